The molecule has 10 aromatic rings. The zero-order chi connectivity index (χ0) is 31.6. The average Bonchev–Trinajstić information content (AvgIpc) is 3.69. The Balaban J connectivity index is 1.31. The number of rotatable bonds is 4. The van der Waals surface area contributed by atoms with Gasteiger partial charge in [-0.2, -0.15) is 9.97 Å². The molecule has 0 unspecified atom stereocenters. The van der Waals surface area contributed by atoms with Crippen LogP contribution in [0.1, 0.15) is 0 Å². The summed E-state index contributed by atoms with van der Waals surface area (Å²) >= 11 is 1.79. The second-order valence-electron chi connectivity index (χ2n) is 12.0. The molecule has 224 valence electrons. The summed E-state index contributed by atoms with van der Waals surface area (Å²) in [7, 11) is 0. The van der Waals surface area contributed by atoms with Crippen LogP contribution in [0.2, 0.25) is 0 Å². The molecule has 4 nitrogen and oxygen atoms in total. The third kappa shape index (κ3) is 4.18. The van der Waals surface area contributed by atoms with Gasteiger partial charge >= 0.3 is 0 Å². The summed E-state index contributed by atoms with van der Waals surface area (Å²) < 4.78 is 4.63. The first kappa shape index (κ1) is 27.0. The minimum absolute atomic E-state index is 0.595. The number of fused-ring (bicyclic) bond motifs is 7. The Morgan fingerprint density at radius 1 is 0.417 bits per heavy atom. The van der Waals surface area contributed by atoms with Crippen molar-refractivity contribution < 1.29 is 0 Å². The number of hydrogen-bond acceptors (Lipinski definition) is 4. The van der Waals surface area contributed by atoms with Gasteiger partial charge < -0.3 is 0 Å². The van der Waals surface area contributed by atoms with Gasteiger partial charge in [0.15, 0.2) is 11.6 Å². The molecule has 0 aliphatic rings. The average molecular weight is 631 g/mol. The molecule has 10 rings (SSSR count). The lowest BCUT2D eigenvalue weighted by Gasteiger charge is -2.13. The highest BCUT2D eigenvalue weighted by molar-refractivity contribution is 7.26. The third-order valence-electron chi connectivity index (χ3n) is 9.26. The fraction of sp³-hybridized carbons (Fsp3) is 0. The maximum atomic E-state index is 5.32. The van der Waals surface area contributed by atoms with Crippen LogP contribution in [0.15, 0.2) is 158 Å². The van der Waals surface area contributed by atoms with Crippen molar-refractivity contribution in [3.63, 3.8) is 0 Å². The molecule has 0 aliphatic heterocycles. The summed E-state index contributed by atoms with van der Waals surface area (Å²) in [5.41, 5.74) is 6.28. The first-order chi connectivity index (χ1) is 23.8. The van der Waals surface area contributed by atoms with Crippen molar-refractivity contribution in [3.05, 3.63) is 158 Å². The molecule has 3 aromatic heterocycles. The van der Waals surface area contributed by atoms with Gasteiger partial charge in [0.05, 0.1) is 11.0 Å². The zero-order valence-electron chi connectivity index (χ0n) is 25.7. The van der Waals surface area contributed by atoms with E-state index < -0.39 is 0 Å². The predicted molar refractivity (Wildman–Crippen MR) is 201 cm³/mol. The highest BCUT2D eigenvalue weighted by atomic mass is 32.1. The van der Waals surface area contributed by atoms with Gasteiger partial charge in [-0.25, -0.2) is 4.98 Å². The molecule has 5 heteroatoms. The molecule has 3 heterocycles. The van der Waals surface area contributed by atoms with Crippen molar-refractivity contribution in [2.45, 2.75) is 0 Å². The van der Waals surface area contributed by atoms with E-state index in [1.165, 1.54) is 36.3 Å². The van der Waals surface area contributed by atoms with Gasteiger partial charge in [-0.05, 0) is 52.2 Å². The van der Waals surface area contributed by atoms with Crippen LogP contribution < -0.4 is 0 Å². The molecule has 0 atom stereocenters. The molecule has 0 N–H and O–H groups in total. The van der Waals surface area contributed by atoms with E-state index in [4.69, 9.17) is 15.0 Å². The van der Waals surface area contributed by atoms with Crippen LogP contribution in [0.25, 0.3) is 92.6 Å². The maximum absolute atomic E-state index is 5.32. The minimum Gasteiger partial charge on any atom is -0.278 e. The topological polar surface area (TPSA) is 43.6 Å². The molecular formula is C43H26N4S. The van der Waals surface area contributed by atoms with E-state index in [0.717, 1.165) is 38.7 Å². The van der Waals surface area contributed by atoms with E-state index in [2.05, 4.69) is 156 Å². The Labute approximate surface area is 280 Å². The van der Waals surface area contributed by atoms with Crippen molar-refractivity contribution in [1.82, 2.24) is 19.5 Å². The van der Waals surface area contributed by atoms with E-state index in [-0.39, 0.29) is 0 Å². The van der Waals surface area contributed by atoms with Crippen LogP contribution >= 0.6 is 11.3 Å². The van der Waals surface area contributed by atoms with Crippen molar-refractivity contribution >= 4 is 64.1 Å². The van der Waals surface area contributed by atoms with Gasteiger partial charge in [-0.15, -0.1) is 11.3 Å². The number of benzene rings is 7. The molecule has 0 saturated heterocycles. The monoisotopic (exact) mass is 630 g/mol. The first-order valence-corrected chi connectivity index (χ1v) is 16.9. The summed E-state index contributed by atoms with van der Waals surface area (Å²) in [6.45, 7) is 0. The van der Waals surface area contributed by atoms with Crippen LogP contribution in [0.5, 0.6) is 0 Å². The number of para-hydroxylation sites is 1. The molecule has 7 aromatic carbocycles. The summed E-state index contributed by atoms with van der Waals surface area (Å²) in [6.07, 6.45) is 0. The number of hydrogen-bond donors (Lipinski definition) is 0. The smallest absolute Gasteiger partial charge is 0.238 e. The Morgan fingerprint density at radius 2 is 1.04 bits per heavy atom. The lowest BCUT2D eigenvalue weighted by atomic mass is 9.99. The van der Waals surface area contributed by atoms with Crippen LogP contribution in [0.3, 0.4) is 0 Å². The van der Waals surface area contributed by atoms with Gasteiger partial charge in [0.1, 0.15) is 0 Å². The third-order valence-corrected chi connectivity index (χ3v) is 10.5. The number of thiophene rings is 1. The first-order valence-electron chi connectivity index (χ1n) is 16.0. The second kappa shape index (κ2) is 10.7. The molecule has 0 radical (unpaired) electrons. The highest BCUT2D eigenvalue weighted by Gasteiger charge is 2.21. The van der Waals surface area contributed by atoms with E-state index in [1.807, 2.05) is 6.07 Å². The Hall–Kier alpha value is -6.17. The van der Waals surface area contributed by atoms with Gasteiger partial charge in [-0.3, -0.25) is 4.57 Å². The number of nitrogens with zero attached hydrogens (tertiary/aromatic N) is 4. The van der Waals surface area contributed by atoms with Crippen LogP contribution in [-0.4, -0.2) is 19.5 Å². The minimum atomic E-state index is 0.595. The molecule has 0 amide bonds. The molecule has 0 aliphatic carbocycles. The lowest BCUT2D eigenvalue weighted by molar-refractivity contribution is 0.955. The maximum Gasteiger partial charge on any atom is 0.238 e. The molecule has 48 heavy (non-hydrogen) atoms. The fourth-order valence-electron chi connectivity index (χ4n) is 7.05. The van der Waals surface area contributed by atoms with E-state index in [1.54, 1.807) is 11.3 Å². The van der Waals surface area contributed by atoms with Gasteiger partial charge in [0.25, 0.3) is 0 Å². The quantitative estimate of drug-likeness (QED) is 0.194. The lowest BCUT2D eigenvalue weighted by Crippen LogP contribution is -2.07. The summed E-state index contributed by atoms with van der Waals surface area (Å²) in [4.78, 5) is 15.9. The number of aromatic nitrogens is 4. The van der Waals surface area contributed by atoms with Crippen molar-refractivity contribution in [1.29, 1.82) is 0 Å². The van der Waals surface area contributed by atoms with Crippen molar-refractivity contribution in [2.24, 2.45) is 0 Å². The molecule has 0 bridgehead atoms. The SMILES string of the molecule is c1ccc(-c2ccccc2-c2nc(-c3cccc4c3sc3ccccc34)nc(-n3c4ccccc4c4cc5ccccc5cc43)n2)cc1. The largest absolute Gasteiger partial charge is 0.278 e. The van der Waals surface area contributed by atoms with Gasteiger partial charge in [0.2, 0.25) is 5.95 Å². The summed E-state index contributed by atoms with van der Waals surface area (Å²) in [5, 5.41) is 7.18. The van der Waals surface area contributed by atoms with Crippen molar-refractivity contribution in [2.75, 3.05) is 0 Å². The molecule has 0 fully saturated rings. The van der Waals surface area contributed by atoms with Crippen LogP contribution in [-0.2, 0) is 0 Å². The molecular weight excluding hydrogens is 605 g/mol. The van der Waals surface area contributed by atoms with Gasteiger partial charge in [-0.1, -0.05) is 127 Å². The summed E-state index contributed by atoms with van der Waals surface area (Å²) in [6, 6.07) is 55.5. The highest BCUT2D eigenvalue weighted by Crippen LogP contribution is 2.41. The van der Waals surface area contributed by atoms with E-state index in [0.29, 0.717) is 17.6 Å². The predicted octanol–water partition coefficient (Wildman–Crippen LogP) is 11.5. The Kier molecular flexibility index (Phi) is 6.01. The van der Waals surface area contributed by atoms with Crippen LogP contribution in [0, 0.1) is 0 Å². The normalized spacial score (nSPS) is 11.8. The van der Waals surface area contributed by atoms with Crippen LogP contribution in [0.4, 0.5) is 0 Å². The van der Waals surface area contributed by atoms with E-state index in [9.17, 15) is 0 Å². The second-order valence-corrected chi connectivity index (χ2v) is 13.1. The Morgan fingerprint density at radius 3 is 1.90 bits per heavy atom. The van der Waals surface area contributed by atoms with Gasteiger partial charge in [0, 0.05) is 42.1 Å². The molecule has 0 saturated carbocycles. The molecule has 0 spiro atoms. The van der Waals surface area contributed by atoms with E-state index >= 15 is 0 Å². The Bertz CT molecular complexity index is 2850. The summed E-state index contributed by atoms with van der Waals surface area (Å²) in [5.74, 6) is 1.89. The fourth-order valence-corrected chi connectivity index (χ4v) is 8.26. The standard InChI is InChI=1S/C43H26N4S/c1-2-13-27(14-3-1)30-17-6-7-20-34(30)41-44-42(35-22-12-21-33-32-19-9-11-24-39(32)48-40(33)35)46-43(45-41)47-37-23-10-8-18-31(37)36-25-28-15-4-5-16-29(28)26-38(36)47/h1-26H. The van der Waals surface area contributed by atoms with Crippen molar-refractivity contribution in [3.8, 4) is 39.9 Å². The zero-order valence-corrected chi connectivity index (χ0v) is 26.5.